The van der Waals surface area contributed by atoms with Gasteiger partial charge in [0, 0.05) is 24.4 Å². The first-order valence-corrected chi connectivity index (χ1v) is 5.56. The highest BCUT2D eigenvalue weighted by atomic mass is 14.9. The van der Waals surface area contributed by atoms with E-state index in [1.807, 2.05) is 12.3 Å². The number of hydrogen-bond donors (Lipinski definition) is 1. The fraction of sp³-hybridized carbons (Fsp3) is 0.583. The third-order valence-electron chi connectivity index (χ3n) is 2.87. The topological polar surface area (TPSA) is 24.9 Å². The Morgan fingerprint density at radius 2 is 2.50 bits per heavy atom. The van der Waals surface area contributed by atoms with Crippen molar-refractivity contribution in [3.05, 3.63) is 29.6 Å². The second kappa shape index (κ2) is 4.56. The van der Waals surface area contributed by atoms with Gasteiger partial charge >= 0.3 is 0 Å². The van der Waals surface area contributed by atoms with Gasteiger partial charge in [-0.3, -0.25) is 4.98 Å². The Hall–Kier alpha value is -0.890. The van der Waals surface area contributed by atoms with Crippen molar-refractivity contribution in [3.8, 4) is 0 Å². The van der Waals surface area contributed by atoms with Gasteiger partial charge in [-0.25, -0.2) is 0 Å². The quantitative estimate of drug-likeness (QED) is 0.788. The predicted molar refractivity (Wildman–Crippen MR) is 58.3 cm³/mol. The largest absolute Gasteiger partial charge is 0.314 e. The molecule has 0 saturated carbocycles. The summed E-state index contributed by atoms with van der Waals surface area (Å²) in [5.74, 6) is 0. The van der Waals surface area contributed by atoms with E-state index >= 15 is 0 Å². The molecule has 0 spiro atoms. The first kappa shape index (κ1) is 9.66. The van der Waals surface area contributed by atoms with Crippen molar-refractivity contribution in [1.29, 1.82) is 0 Å². The minimum atomic E-state index is 0.650. The van der Waals surface area contributed by atoms with Gasteiger partial charge in [0.2, 0.25) is 0 Å². The van der Waals surface area contributed by atoms with Crippen LogP contribution in [0.25, 0.3) is 0 Å². The lowest BCUT2D eigenvalue weighted by Crippen LogP contribution is -2.35. The van der Waals surface area contributed by atoms with Crippen LogP contribution in [0.15, 0.2) is 18.3 Å². The van der Waals surface area contributed by atoms with Crippen LogP contribution in [0.3, 0.4) is 0 Å². The molecule has 76 valence electrons. The molecule has 2 heteroatoms. The molecular formula is C12H18N2. The molecule has 0 amide bonds. The number of aromatic nitrogens is 1. The molecule has 1 atom stereocenters. The monoisotopic (exact) mass is 190 g/mol. The average Bonchev–Trinajstić information content (AvgIpc) is 2.26. The van der Waals surface area contributed by atoms with Crippen molar-refractivity contribution < 1.29 is 0 Å². The van der Waals surface area contributed by atoms with E-state index in [4.69, 9.17) is 0 Å². The minimum Gasteiger partial charge on any atom is -0.314 e. The molecule has 1 aliphatic rings. The molecule has 14 heavy (non-hydrogen) atoms. The van der Waals surface area contributed by atoms with Crippen LogP contribution in [0.1, 0.15) is 31.0 Å². The molecule has 0 saturated heterocycles. The normalized spacial score (nSPS) is 20.5. The van der Waals surface area contributed by atoms with Crippen LogP contribution in [-0.4, -0.2) is 17.6 Å². The summed E-state index contributed by atoms with van der Waals surface area (Å²) in [6, 6.07) is 4.90. The lowest BCUT2D eigenvalue weighted by Gasteiger charge is -2.24. The fourth-order valence-corrected chi connectivity index (χ4v) is 2.07. The van der Waals surface area contributed by atoms with Crippen molar-refractivity contribution in [2.75, 3.05) is 6.54 Å². The van der Waals surface area contributed by atoms with E-state index in [0.717, 1.165) is 13.0 Å². The van der Waals surface area contributed by atoms with Crippen molar-refractivity contribution in [3.63, 3.8) is 0 Å². The molecule has 0 fully saturated rings. The number of pyridine rings is 1. The molecular weight excluding hydrogens is 172 g/mol. The zero-order valence-electron chi connectivity index (χ0n) is 8.79. The summed E-state index contributed by atoms with van der Waals surface area (Å²) in [7, 11) is 0. The molecule has 1 heterocycles. The molecule has 1 aliphatic carbocycles. The number of fused-ring (bicyclic) bond motifs is 1. The lowest BCUT2D eigenvalue weighted by atomic mass is 9.92. The van der Waals surface area contributed by atoms with Crippen LogP contribution in [0.5, 0.6) is 0 Å². The summed E-state index contributed by atoms with van der Waals surface area (Å²) in [6.07, 6.45) is 6.67. The van der Waals surface area contributed by atoms with Gasteiger partial charge in [-0.1, -0.05) is 13.0 Å². The van der Waals surface area contributed by atoms with Gasteiger partial charge < -0.3 is 5.32 Å². The molecule has 0 aromatic carbocycles. The second-order valence-electron chi connectivity index (χ2n) is 4.00. The summed E-state index contributed by atoms with van der Waals surface area (Å²) in [5, 5.41) is 3.57. The highest BCUT2D eigenvalue weighted by Crippen LogP contribution is 2.18. The first-order valence-electron chi connectivity index (χ1n) is 5.56. The Morgan fingerprint density at radius 1 is 1.57 bits per heavy atom. The third kappa shape index (κ3) is 2.13. The van der Waals surface area contributed by atoms with Crippen LogP contribution in [0, 0.1) is 0 Å². The second-order valence-corrected chi connectivity index (χ2v) is 4.00. The Labute approximate surface area is 85.7 Å². The van der Waals surface area contributed by atoms with Crippen LogP contribution >= 0.6 is 0 Å². The van der Waals surface area contributed by atoms with Gasteiger partial charge in [0.25, 0.3) is 0 Å². The van der Waals surface area contributed by atoms with Gasteiger partial charge in [0.1, 0.15) is 0 Å². The molecule has 2 nitrogen and oxygen atoms in total. The molecule has 0 radical (unpaired) electrons. The maximum atomic E-state index is 4.44. The number of rotatable bonds is 3. The molecule has 0 aliphatic heterocycles. The Morgan fingerprint density at radius 3 is 3.36 bits per heavy atom. The highest BCUT2D eigenvalue weighted by molar-refractivity contribution is 5.23. The van der Waals surface area contributed by atoms with Gasteiger partial charge in [-0.05, 0) is 37.4 Å². The number of nitrogens with one attached hydrogen (secondary N) is 1. The number of aryl methyl sites for hydroxylation is 1. The van der Waals surface area contributed by atoms with Crippen molar-refractivity contribution >= 4 is 0 Å². The molecule has 1 unspecified atom stereocenters. The molecule has 1 N–H and O–H groups in total. The van der Waals surface area contributed by atoms with Crippen molar-refractivity contribution in [1.82, 2.24) is 10.3 Å². The summed E-state index contributed by atoms with van der Waals surface area (Å²) >= 11 is 0. The Kier molecular flexibility index (Phi) is 3.14. The van der Waals surface area contributed by atoms with E-state index < -0.39 is 0 Å². The number of hydrogen-bond acceptors (Lipinski definition) is 2. The summed E-state index contributed by atoms with van der Waals surface area (Å²) < 4.78 is 0. The first-order chi connectivity index (χ1) is 6.90. The Balaban J connectivity index is 1.99. The zero-order valence-corrected chi connectivity index (χ0v) is 8.79. The van der Waals surface area contributed by atoms with Crippen LogP contribution in [-0.2, 0) is 12.8 Å². The van der Waals surface area contributed by atoms with E-state index in [0.29, 0.717) is 6.04 Å². The standard InChI is InChI=1S/C12H18N2/c1-2-7-13-11-6-5-10-4-3-8-14-12(10)9-11/h3-4,8,11,13H,2,5-7,9H2,1H3. The summed E-state index contributed by atoms with van der Waals surface area (Å²) in [6.45, 7) is 3.34. The summed E-state index contributed by atoms with van der Waals surface area (Å²) in [4.78, 5) is 4.44. The van der Waals surface area contributed by atoms with Crippen molar-refractivity contribution in [2.45, 2.75) is 38.6 Å². The fourth-order valence-electron chi connectivity index (χ4n) is 2.07. The van der Waals surface area contributed by atoms with Crippen LogP contribution in [0.4, 0.5) is 0 Å². The summed E-state index contributed by atoms with van der Waals surface area (Å²) in [5.41, 5.74) is 2.74. The van der Waals surface area contributed by atoms with E-state index in [1.165, 1.54) is 30.5 Å². The smallest absolute Gasteiger partial charge is 0.0451 e. The van der Waals surface area contributed by atoms with E-state index in [2.05, 4.69) is 23.3 Å². The van der Waals surface area contributed by atoms with E-state index in [-0.39, 0.29) is 0 Å². The van der Waals surface area contributed by atoms with Crippen molar-refractivity contribution in [2.24, 2.45) is 0 Å². The Bertz CT molecular complexity index is 296. The van der Waals surface area contributed by atoms with Crippen LogP contribution < -0.4 is 5.32 Å². The van der Waals surface area contributed by atoms with Crippen LogP contribution in [0.2, 0.25) is 0 Å². The van der Waals surface area contributed by atoms with E-state index in [9.17, 15) is 0 Å². The lowest BCUT2D eigenvalue weighted by molar-refractivity contribution is 0.453. The van der Waals surface area contributed by atoms with Gasteiger partial charge in [0.15, 0.2) is 0 Å². The average molecular weight is 190 g/mol. The maximum Gasteiger partial charge on any atom is 0.0451 e. The molecule has 1 aromatic heterocycles. The zero-order chi connectivity index (χ0) is 9.80. The van der Waals surface area contributed by atoms with Gasteiger partial charge in [-0.15, -0.1) is 0 Å². The SMILES string of the molecule is CCCNC1CCc2cccnc2C1. The molecule has 1 aromatic rings. The molecule has 0 bridgehead atoms. The minimum absolute atomic E-state index is 0.650. The number of nitrogens with zero attached hydrogens (tertiary/aromatic N) is 1. The van der Waals surface area contributed by atoms with E-state index in [1.54, 1.807) is 0 Å². The highest BCUT2D eigenvalue weighted by Gasteiger charge is 2.17. The predicted octanol–water partition coefficient (Wildman–Crippen LogP) is 1.94. The van der Waals surface area contributed by atoms with Gasteiger partial charge in [-0.2, -0.15) is 0 Å². The maximum absolute atomic E-state index is 4.44. The van der Waals surface area contributed by atoms with Gasteiger partial charge in [0.05, 0.1) is 0 Å². The third-order valence-corrected chi connectivity index (χ3v) is 2.87. The molecule has 2 rings (SSSR count).